The van der Waals surface area contributed by atoms with Crippen molar-refractivity contribution in [3.8, 4) is 0 Å². The Morgan fingerprint density at radius 3 is 2.39 bits per heavy atom. The molecule has 0 atom stereocenters. The van der Waals surface area contributed by atoms with Gasteiger partial charge in [0.05, 0.1) is 18.4 Å². The zero-order valence-electron chi connectivity index (χ0n) is 18.2. The SMILES string of the molecule is CC(C)c1cnc2c(c1)cc(C(=O)NCc1ccc(F)cc1)c(=O)n2Cc1ccc(F)cn1. The zero-order valence-corrected chi connectivity index (χ0v) is 18.2. The van der Waals surface area contributed by atoms with Crippen LogP contribution in [0.2, 0.25) is 0 Å². The minimum atomic E-state index is -0.554. The first-order valence-corrected chi connectivity index (χ1v) is 10.5. The van der Waals surface area contributed by atoms with Crippen LogP contribution >= 0.6 is 0 Å². The molecule has 0 bridgehead atoms. The van der Waals surface area contributed by atoms with E-state index < -0.39 is 17.3 Å². The molecule has 0 fully saturated rings. The number of nitrogens with one attached hydrogen (secondary N) is 1. The average molecular weight is 448 g/mol. The van der Waals surface area contributed by atoms with Gasteiger partial charge in [-0.25, -0.2) is 13.8 Å². The summed E-state index contributed by atoms with van der Waals surface area (Å²) in [5.41, 5.74) is 1.95. The lowest BCUT2D eigenvalue weighted by Crippen LogP contribution is -2.33. The van der Waals surface area contributed by atoms with Gasteiger partial charge < -0.3 is 5.32 Å². The number of benzene rings is 1. The third-order valence-corrected chi connectivity index (χ3v) is 5.33. The summed E-state index contributed by atoms with van der Waals surface area (Å²) in [6.45, 7) is 4.22. The first-order valence-electron chi connectivity index (χ1n) is 10.5. The van der Waals surface area contributed by atoms with Crippen molar-refractivity contribution >= 4 is 16.9 Å². The van der Waals surface area contributed by atoms with Crippen LogP contribution in [0.5, 0.6) is 0 Å². The van der Waals surface area contributed by atoms with Crippen LogP contribution in [0.15, 0.2) is 65.7 Å². The van der Waals surface area contributed by atoms with Gasteiger partial charge in [0.2, 0.25) is 0 Å². The molecule has 168 valence electrons. The highest BCUT2D eigenvalue weighted by molar-refractivity contribution is 5.97. The number of aromatic nitrogens is 3. The minimum Gasteiger partial charge on any atom is -0.348 e. The summed E-state index contributed by atoms with van der Waals surface area (Å²) in [5, 5.41) is 3.35. The Labute approximate surface area is 188 Å². The maximum atomic E-state index is 13.3. The highest BCUT2D eigenvalue weighted by atomic mass is 19.1. The number of carbonyl (C=O) groups is 1. The molecule has 33 heavy (non-hydrogen) atoms. The van der Waals surface area contributed by atoms with Gasteiger partial charge in [0.15, 0.2) is 0 Å². The number of pyridine rings is 3. The van der Waals surface area contributed by atoms with Gasteiger partial charge in [-0.2, -0.15) is 0 Å². The smallest absolute Gasteiger partial charge is 0.265 e. The molecule has 0 unspecified atom stereocenters. The molecule has 0 aliphatic carbocycles. The zero-order chi connectivity index (χ0) is 23.5. The van der Waals surface area contributed by atoms with Crippen molar-refractivity contribution in [3.05, 3.63) is 105 Å². The predicted octanol–water partition coefficient (Wildman–Crippen LogP) is 4.17. The third-order valence-electron chi connectivity index (χ3n) is 5.33. The van der Waals surface area contributed by atoms with Crippen LogP contribution in [-0.2, 0) is 13.1 Å². The number of fused-ring (bicyclic) bond motifs is 1. The molecular formula is C25H22F2N4O2. The van der Waals surface area contributed by atoms with E-state index >= 15 is 0 Å². The van der Waals surface area contributed by atoms with E-state index in [1.165, 1.54) is 34.9 Å². The molecule has 0 radical (unpaired) electrons. The minimum absolute atomic E-state index is 0.0305. The molecule has 4 rings (SSSR count). The van der Waals surface area contributed by atoms with Crippen molar-refractivity contribution in [2.45, 2.75) is 32.9 Å². The first kappa shape index (κ1) is 22.3. The van der Waals surface area contributed by atoms with Gasteiger partial charge >= 0.3 is 0 Å². The third kappa shape index (κ3) is 4.95. The molecule has 6 nitrogen and oxygen atoms in total. The highest BCUT2D eigenvalue weighted by Gasteiger charge is 2.18. The van der Waals surface area contributed by atoms with Crippen LogP contribution in [0, 0.1) is 11.6 Å². The molecule has 1 N–H and O–H groups in total. The normalized spacial score (nSPS) is 11.2. The molecule has 3 heterocycles. The molecule has 0 aliphatic rings. The predicted molar refractivity (Wildman–Crippen MR) is 121 cm³/mol. The Bertz CT molecular complexity index is 1360. The van der Waals surface area contributed by atoms with Crippen LogP contribution in [0.1, 0.15) is 46.9 Å². The molecule has 3 aromatic heterocycles. The Balaban J connectivity index is 1.75. The maximum absolute atomic E-state index is 13.3. The first-order chi connectivity index (χ1) is 15.8. The standard InChI is InChI=1S/C25H22F2N4O2/c1-15(2)18-9-17-10-22(24(32)30-11-16-3-5-19(26)6-4-16)25(33)31(23(17)29-12-18)14-21-8-7-20(27)13-28-21/h3-10,12-13,15H,11,14H2,1-2H3,(H,30,32). The van der Waals surface area contributed by atoms with Gasteiger partial charge in [-0.3, -0.25) is 19.1 Å². The number of nitrogens with zero attached hydrogens (tertiary/aromatic N) is 3. The van der Waals surface area contributed by atoms with E-state index in [0.717, 1.165) is 11.8 Å². The van der Waals surface area contributed by atoms with E-state index in [9.17, 15) is 18.4 Å². The Kier molecular flexibility index (Phi) is 6.26. The van der Waals surface area contributed by atoms with Crippen LogP contribution in [0.25, 0.3) is 11.0 Å². The summed E-state index contributed by atoms with van der Waals surface area (Å²) in [5.74, 6) is -1.20. The number of rotatable bonds is 6. The van der Waals surface area contributed by atoms with Crippen molar-refractivity contribution in [2.24, 2.45) is 0 Å². The topological polar surface area (TPSA) is 76.9 Å². The second-order valence-electron chi connectivity index (χ2n) is 8.06. The van der Waals surface area contributed by atoms with Gasteiger partial charge in [-0.15, -0.1) is 0 Å². The summed E-state index contributed by atoms with van der Waals surface area (Å²) < 4.78 is 27.8. The van der Waals surface area contributed by atoms with Gasteiger partial charge in [0.1, 0.15) is 22.8 Å². The van der Waals surface area contributed by atoms with Gasteiger partial charge in [-0.1, -0.05) is 26.0 Å². The van der Waals surface area contributed by atoms with Crippen molar-refractivity contribution in [1.29, 1.82) is 0 Å². The summed E-state index contributed by atoms with van der Waals surface area (Å²) in [7, 11) is 0. The average Bonchev–Trinajstić information content (AvgIpc) is 2.81. The van der Waals surface area contributed by atoms with E-state index in [-0.39, 0.29) is 30.4 Å². The van der Waals surface area contributed by atoms with Gasteiger partial charge in [-0.05, 0) is 53.4 Å². The number of hydrogen-bond acceptors (Lipinski definition) is 4. The summed E-state index contributed by atoms with van der Waals surface area (Å²) in [4.78, 5) is 34.7. The number of amides is 1. The molecule has 0 saturated heterocycles. The van der Waals surface area contributed by atoms with Gasteiger partial charge in [0, 0.05) is 18.1 Å². The summed E-state index contributed by atoms with van der Waals surface area (Å²) in [6, 6.07) is 11.9. The molecule has 1 aromatic carbocycles. The van der Waals surface area contributed by atoms with Crippen molar-refractivity contribution in [1.82, 2.24) is 19.9 Å². The molecule has 0 saturated carbocycles. The fourth-order valence-electron chi connectivity index (χ4n) is 3.45. The number of hydrogen-bond donors (Lipinski definition) is 1. The van der Waals surface area contributed by atoms with Crippen molar-refractivity contribution in [2.75, 3.05) is 0 Å². The van der Waals surface area contributed by atoms with E-state index in [1.54, 1.807) is 18.3 Å². The Morgan fingerprint density at radius 2 is 1.73 bits per heavy atom. The van der Waals surface area contributed by atoms with Crippen molar-refractivity contribution < 1.29 is 13.6 Å². The van der Waals surface area contributed by atoms with Crippen LogP contribution in [0.4, 0.5) is 8.78 Å². The molecule has 8 heteroatoms. The Hall–Kier alpha value is -3.94. The lowest BCUT2D eigenvalue weighted by Gasteiger charge is -2.14. The molecular weight excluding hydrogens is 426 g/mol. The largest absolute Gasteiger partial charge is 0.348 e. The maximum Gasteiger partial charge on any atom is 0.265 e. The number of carbonyl (C=O) groups excluding carboxylic acids is 1. The quantitative estimate of drug-likeness (QED) is 0.480. The van der Waals surface area contributed by atoms with Gasteiger partial charge in [0.25, 0.3) is 11.5 Å². The van der Waals surface area contributed by atoms with E-state index in [2.05, 4.69) is 15.3 Å². The Morgan fingerprint density at radius 1 is 1.00 bits per heavy atom. The monoisotopic (exact) mass is 448 g/mol. The fourth-order valence-corrected chi connectivity index (χ4v) is 3.45. The second kappa shape index (κ2) is 9.28. The molecule has 0 spiro atoms. The number of halogens is 2. The summed E-state index contributed by atoms with van der Waals surface area (Å²) >= 11 is 0. The lowest BCUT2D eigenvalue weighted by molar-refractivity contribution is 0.0949. The van der Waals surface area contributed by atoms with E-state index in [4.69, 9.17) is 0 Å². The lowest BCUT2D eigenvalue weighted by atomic mass is 10.0. The highest BCUT2D eigenvalue weighted by Crippen LogP contribution is 2.20. The van der Waals surface area contributed by atoms with Crippen LogP contribution < -0.4 is 10.9 Å². The molecule has 0 aliphatic heterocycles. The van der Waals surface area contributed by atoms with E-state index in [0.29, 0.717) is 22.3 Å². The van der Waals surface area contributed by atoms with E-state index in [1.807, 2.05) is 19.9 Å². The van der Waals surface area contributed by atoms with Crippen LogP contribution in [-0.4, -0.2) is 20.4 Å². The van der Waals surface area contributed by atoms with Crippen molar-refractivity contribution in [3.63, 3.8) is 0 Å². The second-order valence-corrected chi connectivity index (χ2v) is 8.06. The van der Waals surface area contributed by atoms with Crippen LogP contribution in [0.3, 0.4) is 0 Å². The summed E-state index contributed by atoms with van der Waals surface area (Å²) in [6.07, 6.45) is 2.78. The molecule has 4 aromatic rings. The fraction of sp³-hybridized carbons (Fsp3) is 0.200. The molecule has 1 amide bonds.